The molecule has 1 amide bonds. The highest BCUT2D eigenvalue weighted by atomic mass is 16.2. The van der Waals surface area contributed by atoms with Crippen LogP contribution in [0.3, 0.4) is 0 Å². The van der Waals surface area contributed by atoms with Crippen LogP contribution in [0.5, 0.6) is 0 Å². The van der Waals surface area contributed by atoms with E-state index in [-0.39, 0.29) is 5.91 Å². The number of Topliss-reactive ketones (excluding diaryl/α,β-unsaturated/α-hetero) is 1. The summed E-state index contributed by atoms with van der Waals surface area (Å²) in [5.74, 6) is 0.595. The van der Waals surface area contributed by atoms with E-state index in [1.54, 1.807) is 6.92 Å². The summed E-state index contributed by atoms with van der Waals surface area (Å²) in [6, 6.07) is 0.475. The number of fused-ring (bicyclic) bond motifs is 1. The van der Waals surface area contributed by atoms with Crippen molar-refractivity contribution in [3.63, 3.8) is 0 Å². The van der Waals surface area contributed by atoms with Crippen molar-refractivity contribution in [2.75, 3.05) is 6.54 Å². The number of aromatic nitrogens is 2. The molecule has 1 aromatic heterocycles. The zero-order valence-corrected chi connectivity index (χ0v) is 16.1. The van der Waals surface area contributed by atoms with Crippen LogP contribution in [-0.4, -0.2) is 32.9 Å². The molecule has 5 heteroatoms. The summed E-state index contributed by atoms with van der Waals surface area (Å²) >= 11 is 0. The first-order valence-corrected chi connectivity index (χ1v) is 9.81. The second-order valence-electron chi connectivity index (χ2n) is 7.77. The number of rotatable bonds is 1. The quantitative estimate of drug-likeness (QED) is 0.781. The second-order valence-corrected chi connectivity index (χ2v) is 7.77. The molecule has 2 fully saturated rings. The van der Waals surface area contributed by atoms with Gasteiger partial charge >= 0.3 is 0 Å². The minimum Gasteiger partial charge on any atom is -0.338 e. The van der Waals surface area contributed by atoms with Crippen LogP contribution in [0, 0.1) is 12.3 Å². The Labute approximate surface area is 150 Å². The molecule has 1 aromatic rings. The van der Waals surface area contributed by atoms with E-state index in [1.807, 2.05) is 18.7 Å². The number of amides is 1. The molecule has 2 aliphatic carbocycles. The molecule has 0 radical (unpaired) electrons. The predicted molar refractivity (Wildman–Crippen MR) is 97.3 cm³/mol. The number of carbonyl (C=O) groups is 2. The Bertz CT molecular complexity index is 659. The summed E-state index contributed by atoms with van der Waals surface area (Å²) < 4.78 is 2.26. The molecule has 3 aliphatic rings. The van der Waals surface area contributed by atoms with Gasteiger partial charge in [-0.3, -0.25) is 14.3 Å². The van der Waals surface area contributed by atoms with E-state index in [1.165, 1.54) is 11.3 Å². The van der Waals surface area contributed by atoms with Gasteiger partial charge in [0.05, 0.1) is 11.7 Å². The monoisotopic (exact) mass is 345 g/mol. The summed E-state index contributed by atoms with van der Waals surface area (Å²) in [5, 5.41) is 4.83. The van der Waals surface area contributed by atoms with Gasteiger partial charge in [-0.2, -0.15) is 5.10 Å². The molecule has 2 heterocycles. The third-order valence-corrected chi connectivity index (χ3v) is 6.24. The molecule has 0 saturated heterocycles. The lowest BCUT2D eigenvalue weighted by molar-refractivity contribution is -0.135. The summed E-state index contributed by atoms with van der Waals surface area (Å²) in [6.45, 7) is 9.22. The Hall–Kier alpha value is -1.65. The lowest BCUT2D eigenvalue weighted by Crippen LogP contribution is -2.41. The average molecular weight is 345 g/mol. The van der Waals surface area contributed by atoms with E-state index >= 15 is 0 Å². The van der Waals surface area contributed by atoms with Gasteiger partial charge in [0.25, 0.3) is 0 Å². The SMILES string of the molecule is CC.CC(=O)N1CCc2c(c(C)nn2C2CCC3(CC2)CC(=O)C3)C1. The molecule has 5 nitrogen and oxygen atoms in total. The number of hydrogen-bond donors (Lipinski definition) is 0. The van der Waals surface area contributed by atoms with Crippen molar-refractivity contribution in [2.24, 2.45) is 5.41 Å². The lowest BCUT2D eigenvalue weighted by atomic mass is 9.59. The van der Waals surface area contributed by atoms with E-state index in [0.717, 1.165) is 57.2 Å². The van der Waals surface area contributed by atoms with E-state index in [0.29, 0.717) is 23.8 Å². The zero-order chi connectivity index (χ0) is 18.2. The first-order valence-electron chi connectivity index (χ1n) is 9.81. The molecule has 0 atom stereocenters. The maximum atomic E-state index is 11.6. The van der Waals surface area contributed by atoms with Gasteiger partial charge in [0, 0.05) is 50.5 Å². The van der Waals surface area contributed by atoms with Gasteiger partial charge < -0.3 is 4.90 Å². The van der Waals surface area contributed by atoms with E-state index in [4.69, 9.17) is 5.10 Å². The third-order valence-electron chi connectivity index (χ3n) is 6.24. The van der Waals surface area contributed by atoms with Crippen LogP contribution in [0.1, 0.15) is 82.3 Å². The van der Waals surface area contributed by atoms with Gasteiger partial charge in [-0.15, -0.1) is 0 Å². The molecule has 4 rings (SSSR count). The number of hydrogen-bond acceptors (Lipinski definition) is 3. The fourth-order valence-electron chi connectivity index (χ4n) is 4.78. The highest BCUT2D eigenvalue weighted by Gasteiger charge is 2.46. The van der Waals surface area contributed by atoms with Crippen molar-refractivity contribution in [1.29, 1.82) is 0 Å². The summed E-state index contributed by atoms with van der Waals surface area (Å²) in [5.41, 5.74) is 4.00. The van der Waals surface area contributed by atoms with Gasteiger partial charge in [-0.25, -0.2) is 0 Å². The van der Waals surface area contributed by atoms with Gasteiger partial charge in [-0.05, 0) is 38.0 Å². The standard InChI is InChI=1S/C18H25N3O2.C2H6/c1-12-16-11-20(13(2)22)8-5-17(16)21(19-12)14-3-6-18(7-4-14)9-15(23)10-18;1-2/h14H,3-11H2,1-2H3;1-2H3. The highest BCUT2D eigenvalue weighted by Crippen LogP contribution is 2.52. The second kappa shape index (κ2) is 6.93. The molecule has 2 saturated carbocycles. The van der Waals surface area contributed by atoms with Crippen LogP contribution in [0.25, 0.3) is 0 Å². The van der Waals surface area contributed by atoms with Crippen molar-refractivity contribution in [3.8, 4) is 0 Å². The first kappa shape index (κ1) is 18.2. The number of ketones is 1. The molecule has 0 bridgehead atoms. The fourth-order valence-corrected chi connectivity index (χ4v) is 4.78. The van der Waals surface area contributed by atoms with Crippen molar-refractivity contribution in [2.45, 2.75) is 85.2 Å². The van der Waals surface area contributed by atoms with E-state index < -0.39 is 0 Å². The topological polar surface area (TPSA) is 55.2 Å². The maximum Gasteiger partial charge on any atom is 0.219 e. The molecule has 138 valence electrons. The Morgan fingerprint density at radius 1 is 1.20 bits per heavy atom. The van der Waals surface area contributed by atoms with Crippen LogP contribution in [0.15, 0.2) is 0 Å². The summed E-state index contributed by atoms with van der Waals surface area (Å²) in [6.07, 6.45) is 7.13. The molecule has 0 aromatic carbocycles. The van der Waals surface area contributed by atoms with E-state index in [2.05, 4.69) is 11.6 Å². The van der Waals surface area contributed by atoms with Gasteiger partial charge in [0.2, 0.25) is 5.91 Å². The third kappa shape index (κ3) is 3.25. The highest BCUT2D eigenvalue weighted by molar-refractivity contribution is 5.86. The van der Waals surface area contributed by atoms with Gasteiger partial charge in [0.15, 0.2) is 0 Å². The van der Waals surface area contributed by atoms with Gasteiger partial charge in [0.1, 0.15) is 5.78 Å². The Kier molecular flexibility index (Phi) is 5.03. The first-order chi connectivity index (χ1) is 12.0. The Morgan fingerprint density at radius 3 is 2.40 bits per heavy atom. The van der Waals surface area contributed by atoms with Crippen molar-refractivity contribution < 1.29 is 9.59 Å². The van der Waals surface area contributed by atoms with E-state index in [9.17, 15) is 9.59 Å². The largest absolute Gasteiger partial charge is 0.338 e. The number of aryl methyl sites for hydroxylation is 1. The van der Waals surface area contributed by atoms with Crippen LogP contribution >= 0.6 is 0 Å². The predicted octanol–water partition coefficient (Wildman–Crippen LogP) is 3.59. The maximum absolute atomic E-state index is 11.6. The van der Waals surface area contributed by atoms with Crippen molar-refractivity contribution in [3.05, 3.63) is 17.0 Å². The zero-order valence-electron chi connectivity index (χ0n) is 16.1. The van der Waals surface area contributed by atoms with Crippen LogP contribution in [0.2, 0.25) is 0 Å². The van der Waals surface area contributed by atoms with Crippen molar-refractivity contribution >= 4 is 11.7 Å². The minimum atomic E-state index is 0.150. The normalized spacial score (nSPS) is 22.1. The van der Waals surface area contributed by atoms with Crippen LogP contribution in [-0.2, 0) is 22.6 Å². The molecular formula is C20H31N3O2. The molecule has 0 N–H and O–H groups in total. The Morgan fingerprint density at radius 2 is 1.84 bits per heavy atom. The molecule has 25 heavy (non-hydrogen) atoms. The number of nitrogens with zero attached hydrogens (tertiary/aromatic N) is 3. The van der Waals surface area contributed by atoms with Crippen LogP contribution < -0.4 is 0 Å². The molecule has 1 spiro atoms. The lowest BCUT2D eigenvalue weighted by Gasteiger charge is -2.45. The minimum absolute atomic E-state index is 0.150. The molecule has 0 unspecified atom stereocenters. The summed E-state index contributed by atoms with van der Waals surface area (Å²) in [7, 11) is 0. The van der Waals surface area contributed by atoms with Crippen molar-refractivity contribution in [1.82, 2.24) is 14.7 Å². The van der Waals surface area contributed by atoms with Crippen LogP contribution in [0.4, 0.5) is 0 Å². The fraction of sp³-hybridized carbons (Fsp3) is 0.750. The average Bonchev–Trinajstić information content (AvgIpc) is 2.92. The van der Waals surface area contributed by atoms with Gasteiger partial charge in [-0.1, -0.05) is 13.8 Å². The summed E-state index contributed by atoms with van der Waals surface area (Å²) in [4.78, 5) is 24.9. The Balaban J connectivity index is 0.000000880. The molecule has 1 aliphatic heterocycles. The smallest absolute Gasteiger partial charge is 0.219 e. The number of carbonyl (C=O) groups excluding carboxylic acids is 2. The molecular weight excluding hydrogens is 314 g/mol.